The van der Waals surface area contributed by atoms with Gasteiger partial charge in [-0.2, -0.15) is 0 Å². The molecule has 9 nitrogen and oxygen atoms in total. The number of rotatable bonds is 10. The van der Waals surface area contributed by atoms with E-state index in [4.69, 9.17) is 10.5 Å². The minimum absolute atomic E-state index is 0.00842. The molecule has 3 aromatic rings. The van der Waals surface area contributed by atoms with Crippen molar-refractivity contribution < 1.29 is 19.1 Å². The SMILES string of the molecule is CN(CCN1C[C@H]2CC(OC(=O)Nc3ccccc3-c3ccccc3)C[C@H]2C1)C(=O)c1ccc(CN2CCC(C(N)=O)CC2)cc1. The van der Waals surface area contributed by atoms with Crippen LogP contribution in [0.2, 0.25) is 0 Å². The molecule has 2 heterocycles. The van der Waals surface area contributed by atoms with Crippen LogP contribution in [0.1, 0.15) is 41.6 Å². The standard InChI is InChI=1S/C37H45N5O4/c1-40(36(44)29-13-11-26(12-14-29)23-41-17-15-28(16-18-41)35(38)43)19-20-42-24-30-21-32(22-31(30)25-42)46-37(45)39-34-10-6-5-9-33(34)27-7-3-2-4-8-27/h2-14,28,30-32H,15-25H2,1H3,(H2,38,43)(H,39,45)/t30-,31+,32?. The number of anilines is 1. The normalized spacial score (nSPS) is 21.9. The maximum absolute atomic E-state index is 13.1. The summed E-state index contributed by atoms with van der Waals surface area (Å²) in [5, 5.41) is 2.97. The van der Waals surface area contributed by atoms with Crippen molar-refractivity contribution in [1.29, 1.82) is 0 Å². The number of likely N-dealkylation sites (tertiary alicyclic amines) is 2. The number of primary amides is 1. The van der Waals surface area contributed by atoms with Gasteiger partial charge in [0.15, 0.2) is 0 Å². The minimum atomic E-state index is -0.400. The molecular formula is C37H45N5O4. The zero-order valence-electron chi connectivity index (χ0n) is 26.6. The first kappa shape index (κ1) is 31.8. The highest BCUT2D eigenvalue weighted by atomic mass is 16.6. The molecule has 3 fully saturated rings. The van der Waals surface area contributed by atoms with Gasteiger partial charge < -0.3 is 20.3 Å². The quantitative estimate of drug-likeness (QED) is 0.326. The van der Waals surface area contributed by atoms with E-state index in [1.165, 1.54) is 0 Å². The van der Waals surface area contributed by atoms with Gasteiger partial charge in [-0.1, -0.05) is 60.7 Å². The Bertz CT molecular complexity index is 1490. The van der Waals surface area contributed by atoms with E-state index < -0.39 is 6.09 Å². The summed E-state index contributed by atoms with van der Waals surface area (Å²) in [4.78, 5) is 44.0. The second-order valence-electron chi connectivity index (χ2n) is 13.2. The average Bonchev–Trinajstić information content (AvgIpc) is 3.62. The minimum Gasteiger partial charge on any atom is -0.446 e. The first-order valence-electron chi connectivity index (χ1n) is 16.5. The molecule has 0 aromatic heterocycles. The third kappa shape index (κ3) is 7.77. The Labute approximate surface area is 271 Å². The van der Waals surface area contributed by atoms with Crippen molar-refractivity contribution in [2.45, 2.75) is 38.3 Å². The van der Waals surface area contributed by atoms with Crippen molar-refractivity contribution in [3.05, 3.63) is 90.0 Å². The highest BCUT2D eigenvalue weighted by Crippen LogP contribution is 2.39. The number of benzene rings is 3. The van der Waals surface area contributed by atoms with E-state index in [0.29, 0.717) is 23.9 Å². The van der Waals surface area contributed by atoms with E-state index in [9.17, 15) is 14.4 Å². The summed E-state index contributed by atoms with van der Waals surface area (Å²) in [6.07, 6.45) is 2.90. The number of nitrogens with zero attached hydrogens (tertiary/aromatic N) is 3. The maximum Gasteiger partial charge on any atom is 0.411 e. The van der Waals surface area contributed by atoms with Gasteiger partial charge in [-0.3, -0.25) is 19.8 Å². The molecule has 0 bridgehead atoms. The predicted molar refractivity (Wildman–Crippen MR) is 179 cm³/mol. The van der Waals surface area contributed by atoms with Crippen molar-refractivity contribution in [2.75, 3.05) is 51.6 Å². The van der Waals surface area contributed by atoms with Crippen molar-refractivity contribution in [3.8, 4) is 11.1 Å². The number of likely N-dealkylation sites (N-methyl/N-ethyl adjacent to an activating group) is 1. The smallest absolute Gasteiger partial charge is 0.411 e. The number of hydrogen-bond donors (Lipinski definition) is 2. The Morgan fingerprint density at radius 3 is 2.20 bits per heavy atom. The number of carbonyl (C=O) groups excluding carboxylic acids is 3. The van der Waals surface area contributed by atoms with Crippen LogP contribution >= 0.6 is 0 Å². The molecule has 3 aromatic carbocycles. The fourth-order valence-corrected chi connectivity index (χ4v) is 7.37. The van der Waals surface area contributed by atoms with Crippen LogP contribution in [0.25, 0.3) is 11.1 Å². The molecule has 1 unspecified atom stereocenters. The van der Waals surface area contributed by atoms with E-state index in [1.807, 2.05) is 85.9 Å². The summed E-state index contributed by atoms with van der Waals surface area (Å²) in [7, 11) is 1.87. The maximum atomic E-state index is 13.1. The Morgan fingerprint density at radius 1 is 0.870 bits per heavy atom. The lowest BCUT2D eigenvalue weighted by Crippen LogP contribution is -2.38. The van der Waals surface area contributed by atoms with Crippen LogP contribution in [0.5, 0.6) is 0 Å². The first-order valence-corrected chi connectivity index (χ1v) is 16.5. The van der Waals surface area contributed by atoms with Gasteiger partial charge in [-0.25, -0.2) is 4.79 Å². The van der Waals surface area contributed by atoms with Crippen LogP contribution < -0.4 is 11.1 Å². The molecule has 1 aliphatic carbocycles. The molecule has 9 heteroatoms. The summed E-state index contributed by atoms with van der Waals surface area (Å²) in [5.41, 5.74) is 10.1. The summed E-state index contributed by atoms with van der Waals surface area (Å²) in [6, 6.07) is 25.7. The molecular weight excluding hydrogens is 578 g/mol. The lowest BCUT2D eigenvalue weighted by Gasteiger charge is -2.30. The van der Waals surface area contributed by atoms with Gasteiger partial charge in [-0.05, 0) is 79.9 Å². The summed E-state index contributed by atoms with van der Waals surface area (Å²) >= 11 is 0. The lowest BCUT2D eigenvalue weighted by atomic mass is 9.96. The largest absolute Gasteiger partial charge is 0.446 e. The van der Waals surface area contributed by atoms with Crippen molar-refractivity contribution in [1.82, 2.24) is 14.7 Å². The molecule has 2 saturated heterocycles. The first-order chi connectivity index (χ1) is 22.3. The van der Waals surface area contributed by atoms with E-state index in [0.717, 1.165) is 87.3 Å². The molecule has 0 radical (unpaired) electrons. The Kier molecular flexibility index (Phi) is 10.00. The number of hydrogen-bond acceptors (Lipinski definition) is 6. The highest BCUT2D eigenvalue weighted by molar-refractivity contribution is 5.94. The molecule has 242 valence electrons. The Balaban J connectivity index is 0.911. The Morgan fingerprint density at radius 2 is 1.52 bits per heavy atom. The van der Waals surface area contributed by atoms with Crippen molar-refractivity contribution in [2.24, 2.45) is 23.5 Å². The molecule has 3 atom stereocenters. The van der Waals surface area contributed by atoms with Crippen molar-refractivity contribution in [3.63, 3.8) is 0 Å². The van der Waals surface area contributed by atoms with Gasteiger partial charge in [0.05, 0.1) is 5.69 Å². The predicted octanol–water partition coefficient (Wildman–Crippen LogP) is 5.08. The van der Waals surface area contributed by atoms with Crippen LogP contribution in [-0.4, -0.2) is 85.0 Å². The number of para-hydroxylation sites is 1. The van der Waals surface area contributed by atoms with Crippen molar-refractivity contribution >= 4 is 23.6 Å². The van der Waals surface area contributed by atoms with Gasteiger partial charge >= 0.3 is 6.09 Å². The fourth-order valence-electron chi connectivity index (χ4n) is 7.37. The zero-order chi connectivity index (χ0) is 32.0. The molecule has 1 saturated carbocycles. The van der Waals surface area contributed by atoms with E-state index in [2.05, 4.69) is 15.1 Å². The van der Waals surface area contributed by atoms with Gasteiger partial charge in [0.2, 0.25) is 5.91 Å². The zero-order valence-corrected chi connectivity index (χ0v) is 26.6. The number of amides is 3. The van der Waals surface area contributed by atoms with Crippen LogP contribution in [0.15, 0.2) is 78.9 Å². The Hall–Kier alpha value is -4.21. The molecule has 6 rings (SSSR count). The summed E-state index contributed by atoms with van der Waals surface area (Å²) < 4.78 is 5.88. The van der Waals surface area contributed by atoms with E-state index >= 15 is 0 Å². The number of carbonyl (C=O) groups is 3. The third-order valence-electron chi connectivity index (χ3n) is 10.0. The summed E-state index contributed by atoms with van der Waals surface area (Å²) in [6.45, 7) is 5.97. The second kappa shape index (κ2) is 14.5. The van der Waals surface area contributed by atoms with Gasteiger partial charge in [0, 0.05) is 56.8 Å². The van der Waals surface area contributed by atoms with Crippen LogP contribution in [0.3, 0.4) is 0 Å². The summed E-state index contributed by atoms with van der Waals surface area (Å²) in [5.74, 6) is 0.836. The monoisotopic (exact) mass is 623 g/mol. The molecule has 0 spiro atoms. The fraction of sp³-hybridized carbons (Fsp3) is 0.432. The highest BCUT2D eigenvalue weighted by Gasteiger charge is 2.42. The van der Waals surface area contributed by atoms with Gasteiger partial charge in [0.1, 0.15) is 6.10 Å². The molecule has 3 amide bonds. The van der Waals surface area contributed by atoms with Crippen LogP contribution in [0, 0.1) is 17.8 Å². The second-order valence-corrected chi connectivity index (χ2v) is 13.2. The number of fused-ring (bicyclic) bond motifs is 1. The lowest BCUT2D eigenvalue weighted by molar-refractivity contribution is -0.123. The molecule has 2 aliphatic heterocycles. The third-order valence-corrected chi connectivity index (χ3v) is 10.0. The number of ether oxygens (including phenoxy) is 1. The van der Waals surface area contributed by atoms with Crippen LogP contribution in [0.4, 0.5) is 10.5 Å². The number of nitrogens with one attached hydrogen (secondary N) is 1. The van der Waals surface area contributed by atoms with E-state index in [1.54, 1.807) is 4.90 Å². The number of piperidine rings is 1. The molecule has 3 N–H and O–H groups in total. The van der Waals surface area contributed by atoms with Crippen LogP contribution in [-0.2, 0) is 16.1 Å². The van der Waals surface area contributed by atoms with E-state index in [-0.39, 0.29) is 23.8 Å². The topological polar surface area (TPSA) is 108 Å². The molecule has 46 heavy (non-hydrogen) atoms. The molecule has 3 aliphatic rings. The number of nitrogens with two attached hydrogens (primary N) is 1. The van der Waals surface area contributed by atoms with Gasteiger partial charge in [-0.15, -0.1) is 0 Å². The average molecular weight is 624 g/mol. The van der Waals surface area contributed by atoms with Gasteiger partial charge in [0.25, 0.3) is 5.91 Å².